The van der Waals surface area contributed by atoms with Crippen molar-refractivity contribution in [3.05, 3.63) is 29.3 Å². The number of hydrogen-bond donors (Lipinski definition) is 1. The van der Waals surface area contributed by atoms with Crippen LogP contribution in [0.4, 0.5) is 0 Å². The Balaban J connectivity index is 1.16. The van der Waals surface area contributed by atoms with Crippen LogP contribution in [0.15, 0.2) is 12.3 Å². The number of ether oxygens (including phenoxy) is 3. The van der Waals surface area contributed by atoms with Gasteiger partial charge in [0.05, 0.1) is 43.8 Å². The number of H-pyrrole nitrogens is 1. The molecule has 0 saturated carbocycles. The van der Waals surface area contributed by atoms with E-state index in [1.165, 1.54) is 0 Å². The van der Waals surface area contributed by atoms with E-state index in [9.17, 15) is 4.79 Å². The number of fused-ring (bicyclic) bond motifs is 1. The van der Waals surface area contributed by atoms with Gasteiger partial charge in [-0.3, -0.25) is 9.89 Å². The molecule has 1 amide bonds. The van der Waals surface area contributed by atoms with E-state index in [2.05, 4.69) is 20.5 Å². The lowest BCUT2D eigenvalue weighted by atomic mass is 9.89. The van der Waals surface area contributed by atoms with Crippen molar-refractivity contribution >= 4 is 5.91 Å². The summed E-state index contributed by atoms with van der Waals surface area (Å²) in [5.41, 5.74) is 2.06. The first-order chi connectivity index (χ1) is 14.2. The fraction of sp³-hybridized carbons (Fsp3) is 0.684. The molecule has 29 heavy (non-hydrogen) atoms. The number of carbonyl (C=O) groups excluding carboxylic acids is 1. The first-order valence-corrected chi connectivity index (χ1v) is 10.3. The number of rotatable bonds is 5. The number of aromatic amines is 1. The van der Waals surface area contributed by atoms with Gasteiger partial charge in [-0.05, 0) is 31.7 Å². The minimum Gasteiger partial charge on any atom is -0.376 e. The molecule has 10 heteroatoms. The molecule has 2 fully saturated rings. The zero-order chi connectivity index (χ0) is 19.7. The van der Waals surface area contributed by atoms with Crippen molar-refractivity contribution in [3.63, 3.8) is 0 Å². The number of nitrogens with zero attached hydrogens (tertiary/aromatic N) is 5. The molecule has 3 aliphatic heterocycles. The van der Waals surface area contributed by atoms with Crippen molar-refractivity contribution in [1.82, 2.24) is 30.1 Å². The highest BCUT2D eigenvalue weighted by Crippen LogP contribution is 2.34. The molecule has 0 aromatic carbocycles. The van der Waals surface area contributed by atoms with Crippen LogP contribution in [0.5, 0.6) is 0 Å². The predicted octanol–water partition coefficient (Wildman–Crippen LogP) is 0.902. The average molecular weight is 402 g/mol. The first-order valence-electron chi connectivity index (χ1n) is 10.3. The number of aromatic nitrogens is 5. The van der Waals surface area contributed by atoms with Crippen LogP contribution >= 0.6 is 0 Å². The van der Waals surface area contributed by atoms with Crippen LogP contribution < -0.4 is 0 Å². The maximum Gasteiger partial charge on any atom is 0.271 e. The Hall–Kier alpha value is -2.30. The summed E-state index contributed by atoms with van der Waals surface area (Å²) in [5, 5.41) is 15.2. The molecule has 2 saturated heterocycles. The molecule has 2 aromatic heterocycles. The Morgan fingerprint density at radius 1 is 1.38 bits per heavy atom. The molecule has 1 atom stereocenters. The fourth-order valence-corrected chi connectivity index (χ4v) is 4.33. The summed E-state index contributed by atoms with van der Waals surface area (Å²) in [6, 6.07) is 1.70. The third kappa shape index (κ3) is 3.79. The van der Waals surface area contributed by atoms with E-state index >= 15 is 0 Å². The number of hydrogen-bond acceptors (Lipinski definition) is 7. The molecule has 0 aliphatic carbocycles. The van der Waals surface area contributed by atoms with Gasteiger partial charge < -0.3 is 19.1 Å². The molecular formula is C19H26N6O4. The van der Waals surface area contributed by atoms with Gasteiger partial charge in [0.2, 0.25) is 0 Å². The minimum atomic E-state index is -0.290. The average Bonchev–Trinajstić information content (AvgIpc) is 3.51. The third-order valence-electron chi connectivity index (χ3n) is 6.13. The van der Waals surface area contributed by atoms with Crippen LogP contribution in [-0.2, 0) is 34.0 Å². The van der Waals surface area contributed by atoms with Crippen molar-refractivity contribution in [2.45, 2.75) is 57.1 Å². The predicted molar refractivity (Wildman–Crippen MR) is 99.9 cm³/mol. The Labute approximate surface area is 168 Å². The lowest BCUT2D eigenvalue weighted by Gasteiger charge is -2.43. The van der Waals surface area contributed by atoms with E-state index in [0.717, 1.165) is 43.7 Å². The zero-order valence-corrected chi connectivity index (χ0v) is 16.4. The number of piperidine rings is 1. The third-order valence-corrected chi connectivity index (χ3v) is 6.13. The highest BCUT2D eigenvalue weighted by atomic mass is 16.5. The second kappa shape index (κ2) is 7.85. The Kier molecular flexibility index (Phi) is 5.06. The molecular weight excluding hydrogens is 376 g/mol. The topological polar surface area (TPSA) is 107 Å². The van der Waals surface area contributed by atoms with Gasteiger partial charge in [-0.2, -0.15) is 5.10 Å². The van der Waals surface area contributed by atoms with Crippen molar-refractivity contribution in [3.8, 4) is 0 Å². The summed E-state index contributed by atoms with van der Waals surface area (Å²) in [7, 11) is 0. The van der Waals surface area contributed by atoms with E-state index in [4.69, 9.17) is 14.2 Å². The second-order valence-electron chi connectivity index (χ2n) is 8.02. The van der Waals surface area contributed by atoms with Crippen LogP contribution in [0.25, 0.3) is 0 Å². The van der Waals surface area contributed by atoms with Crippen molar-refractivity contribution in [1.29, 1.82) is 0 Å². The zero-order valence-electron chi connectivity index (χ0n) is 16.4. The maximum atomic E-state index is 12.5. The van der Waals surface area contributed by atoms with Crippen LogP contribution in [0, 0.1) is 0 Å². The van der Waals surface area contributed by atoms with Gasteiger partial charge in [-0.25, -0.2) is 4.68 Å². The first kappa shape index (κ1) is 18.7. The lowest BCUT2D eigenvalue weighted by Crippen LogP contribution is -2.52. The van der Waals surface area contributed by atoms with Crippen molar-refractivity contribution in [2.24, 2.45) is 0 Å². The lowest BCUT2D eigenvalue weighted by molar-refractivity contribution is -0.120. The molecule has 10 nitrogen and oxygen atoms in total. The summed E-state index contributed by atoms with van der Waals surface area (Å²) >= 11 is 0. The molecule has 0 bridgehead atoms. The van der Waals surface area contributed by atoms with Gasteiger partial charge in [0.15, 0.2) is 0 Å². The van der Waals surface area contributed by atoms with Gasteiger partial charge in [0, 0.05) is 25.9 Å². The molecule has 5 rings (SSSR count). The maximum absolute atomic E-state index is 12.5. The molecule has 2 aromatic rings. The standard InChI is InChI=1S/C19H26N6O4/c26-18(15-3-6-20-21-15)24-7-4-19(5-8-24)13-25-17(12-29-19)16(22-23-25)11-27-10-14-2-1-9-28-14/h3,6,14H,1-2,4-5,7-13H2,(H,20,21). The van der Waals surface area contributed by atoms with E-state index < -0.39 is 0 Å². The molecule has 156 valence electrons. The van der Waals surface area contributed by atoms with Gasteiger partial charge in [-0.15, -0.1) is 5.10 Å². The molecule has 5 heterocycles. The van der Waals surface area contributed by atoms with Crippen LogP contribution in [0.2, 0.25) is 0 Å². The largest absolute Gasteiger partial charge is 0.376 e. The Morgan fingerprint density at radius 2 is 2.28 bits per heavy atom. The smallest absolute Gasteiger partial charge is 0.271 e. The molecule has 1 N–H and O–H groups in total. The summed E-state index contributed by atoms with van der Waals surface area (Å²) in [6.45, 7) is 4.29. The second-order valence-corrected chi connectivity index (χ2v) is 8.02. The fourth-order valence-electron chi connectivity index (χ4n) is 4.33. The van der Waals surface area contributed by atoms with Gasteiger partial charge >= 0.3 is 0 Å². The molecule has 1 unspecified atom stereocenters. The van der Waals surface area contributed by atoms with E-state index in [1.807, 2.05) is 9.58 Å². The monoisotopic (exact) mass is 402 g/mol. The van der Waals surface area contributed by atoms with Gasteiger partial charge in [0.1, 0.15) is 11.4 Å². The SMILES string of the molecule is O=C(c1ccn[nH]1)N1CCC2(CC1)Cn1nnc(COCC3CCCO3)c1CO2. The molecule has 1 spiro atoms. The summed E-state index contributed by atoms with van der Waals surface area (Å²) in [4.78, 5) is 14.3. The number of carbonyl (C=O) groups is 1. The quantitative estimate of drug-likeness (QED) is 0.792. The van der Waals surface area contributed by atoms with Crippen LogP contribution in [-0.4, -0.2) is 74.0 Å². The highest BCUT2D eigenvalue weighted by molar-refractivity contribution is 5.92. The normalized spacial score (nSPS) is 23.4. The van der Waals surface area contributed by atoms with Gasteiger partial charge in [0.25, 0.3) is 5.91 Å². The summed E-state index contributed by atoms with van der Waals surface area (Å²) in [6.07, 6.45) is 5.52. The van der Waals surface area contributed by atoms with E-state index in [0.29, 0.717) is 45.1 Å². The van der Waals surface area contributed by atoms with Crippen molar-refractivity contribution in [2.75, 3.05) is 26.3 Å². The van der Waals surface area contributed by atoms with Crippen LogP contribution in [0.3, 0.4) is 0 Å². The number of likely N-dealkylation sites (tertiary alicyclic amines) is 1. The summed E-state index contributed by atoms with van der Waals surface area (Å²) < 4.78 is 19.6. The number of nitrogens with one attached hydrogen (secondary N) is 1. The van der Waals surface area contributed by atoms with E-state index in [1.54, 1.807) is 12.3 Å². The number of amides is 1. The molecule has 3 aliphatic rings. The highest BCUT2D eigenvalue weighted by Gasteiger charge is 2.41. The minimum absolute atomic E-state index is 0.0136. The Bertz CT molecular complexity index is 837. The summed E-state index contributed by atoms with van der Waals surface area (Å²) in [5.74, 6) is -0.0136. The van der Waals surface area contributed by atoms with Gasteiger partial charge in [-0.1, -0.05) is 5.21 Å². The Morgan fingerprint density at radius 3 is 3.03 bits per heavy atom. The van der Waals surface area contributed by atoms with E-state index in [-0.39, 0.29) is 17.6 Å². The molecule has 0 radical (unpaired) electrons. The van der Waals surface area contributed by atoms with Crippen molar-refractivity contribution < 1.29 is 19.0 Å². The van der Waals surface area contributed by atoms with Crippen LogP contribution in [0.1, 0.15) is 47.6 Å².